The van der Waals surface area contributed by atoms with Gasteiger partial charge in [0, 0.05) is 25.2 Å². The van der Waals surface area contributed by atoms with Gasteiger partial charge in [0.25, 0.3) is 0 Å². The first-order valence-corrected chi connectivity index (χ1v) is 8.49. The molecule has 0 aliphatic carbocycles. The summed E-state index contributed by atoms with van der Waals surface area (Å²) in [5.74, 6) is -0.907. The predicted molar refractivity (Wildman–Crippen MR) is 81.2 cm³/mol. The molecular weight excluding hydrogens is 324 g/mol. The Balaban J connectivity index is 2.05. The number of benzene rings is 1. The number of aliphatic hydroxyl groups is 1. The van der Waals surface area contributed by atoms with Gasteiger partial charge in [-0.15, -0.1) is 0 Å². The fourth-order valence-corrected chi connectivity index (χ4v) is 3.26. The number of anilines is 1. The number of hydrogen-bond acceptors (Lipinski definition) is 6. The average molecular weight is 342 g/mol. The zero-order valence-electron chi connectivity index (χ0n) is 12.6. The lowest BCUT2D eigenvalue weighted by Crippen LogP contribution is -2.37. The molecule has 0 spiro atoms. The number of methoxy groups -OCH3 is 1. The third kappa shape index (κ3) is 4.06. The molecule has 126 valence electrons. The van der Waals surface area contributed by atoms with E-state index in [-0.39, 0.29) is 10.8 Å². The Labute approximate surface area is 134 Å². The number of aliphatic hydroxyl groups excluding tert-OH is 1. The number of esters is 1. The van der Waals surface area contributed by atoms with Gasteiger partial charge in [-0.05, 0) is 30.7 Å². The van der Waals surface area contributed by atoms with E-state index in [0.717, 1.165) is 13.5 Å². The summed E-state index contributed by atoms with van der Waals surface area (Å²) in [6.45, 7) is 0.135. The molecule has 0 aromatic heterocycles. The van der Waals surface area contributed by atoms with E-state index in [2.05, 4.69) is 9.46 Å². The molecule has 1 aliphatic rings. The second kappa shape index (κ2) is 7.07. The van der Waals surface area contributed by atoms with Gasteiger partial charge in [0.15, 0.2) is 6.10 Å². The van der Waals surface area contributed by atoms with E-state index in [1.807, 2.05) is 0 Å². The first kappa shape index (κ1) is 17.4. The SMILES string of the molecule is COC(=O)[C@@H](O)CNS(=O)(=O)c1ccc(N2CCCC2=O)cc1. The molecule has 0 saturated carbocycles. The summed E-state index contributed by atoms with van der Waals surface area (Å²) in [6.07, 6.45) is -0.296. The monoisotopic (exact) mass is 342 g/mol. The van der Waals surface area contributed by atoms with E-state index in [0.29, 0.717) is 18.7 Å². The third-order valence-electron chi connectivity index (χ3n) is 3.47. The topological polar surface area (TPSA) is 113 Å². The second-order valence-corrected chi connectivity index (χ2v) is 6.80. The maximum absolute atomic E-state index is 12.1. The molecule has 0 unspecified atom stereocenters. The zero-order chi connectivity index (χ0) is 17.0. The van der Waals surface area contributed by atoms with Gasteiger partial charge in [0.1, 0.15) is 0 Å². The van der Waals surface area contributed by atoms with Crippen molar-refractivity contribution in [3.05, 3.63) is 24.3 Å². The standard InChI is InChI=1S/C14H18N2O6S/c1-22-14(19)12(17)9-15-23(20,21)11-6-4-10(5-7-11)16-8-2-3-13(16)18/h4-7,12,15,17H,2-3,8-9H2,1H3/t12-/m0/s1. The molecule has 1 aromatic rings. The highest BCUT2D eigenvalue weighted by atomic mass is 32.2. The minimum absolute atomic E-state index is 0.0138. The van der Waals surface area contributed by atoms with Crippen molar-refractivity contribution in [2.24, 2.45) is 0 Å². The minimum Gasteiger partial charge on any atom is -0.467 e. The van der Waals surface area contributed by atoms with Crippen LogP contribution >= 0.6 is 0 Å². The van der Waals surface area contributed by atoms with Gasteiger partial charge in [-0.25, -0.2) is 17.9 Å². The quantitative estimate of drug-likeness (QED) is 0.682. The fraction of sp³-hybridized carbons (Fsp3) is 0.429. The van der Waals surface area contributed by atoms with Crippen molar-refractivity contribution in [1.29, 1.82) is 0 Å². The van der Waals surface area contributed by atoms with Crippen LogP contribution < -0.4 is 9.62 Å². The van der Waals surface area contributed by atoms with Crippen LogP contribution in [0, 0.1) is 0 Å². The molecule has 1 heterocycles. The van der Waals surface area contributed by atoms with Gasteiger partial charge in [-0.2, -0.15) is 0 Å². The molecule has 23 heavy (non-hydrogen) atoms. The van der Waals surface area contributed by atoms with E-state index < -0.39 is 28.6 Å². The smallest absolute Gasteiger partial charge is 0.336 e. The van der Waals surface area contributed by atoms with Crippen LogP contribution in [0.5, 0.6) is 0 Å². The van der Waals surface area contributed by atoms with Crippen LogP contribution in [0.25, 0.3) is 0 Å². The Morgan fingerprint density at radius 1 is 1.39 bits per heavy atom. The van der Waals surface area contributed by atoms with Crippen molar-refractivity contribution >= 4 is 27.6 Å². The van der Waals surface area contributed by atoms with Gasteiger partial charge in [-0.1, -0.05) is 0 Å². The number of ether oxygens (including phenoxy) is 1. The Hall–Kier alpha value is -1.97. The van der Waals surface area contributed by atoms with Crippen molar-refractivity contribution in [3.8, 4) is 0 Å². The Kier molecular flexibility index (Phi) is 5.34. The van der Waals surface area contributed by atoms with Gasteiger partial charge >= 0.3 is 5.97 Å². The molecule has 1 aliphatic heterocycles. The van der Waals surface area contributed by atoms with Gasteiger partial charge in [0.2, 0.25) is 15.9 Å². The number of nitrogens with zero attached hydrogens (tertiary/aromatic N) is 1. The summed E-state index contributed by atoms with van der Waals surface area (Å²) in [6, 6.07) is 5.84. The molecule has 0 radical (unpaired) electrons. The number of carbonyl (C=O) groups is 2. The number of nitrogens with one attached hydrogen (secondary N) is 1. The highest BCUT2D eigenvalue weighted by Gasteiger charge is 2.23. The molecule has 1 amide bonds. The zero-order valence-corrected chi connectivity index (χ0v) is 13.4. The number of carbonyl (C=O) groups excluding carboxylic acids is 2. The molecule has 0 bridgehead atoms. The van der Waals surface area contributed by atoms with Crippen LogP contribution in [0.4, 0.5) is 5.69 Å². The summed E-state index contributed by atoms with van der Waals surface area (Å²) in [7, 11) is -2.78. The summed E-state index contributed by atoms with van der Waals surface area (Å²) < 4.78 is 30.6. The van der Waals surface area contributed by atoms with Crippen LogP contribution in [0.2, 0.25) is 0 Å². The normalized spacial score (nSPS) is 16.4. The number of sulfonamides is 1. The van der Waals surface area contributed by atoms with Crippen LogP contribution in [-0.2, 0) is 24.3 Å². The maximum Gasteiger partial charge on any atom is 0.336 e. The van der Waals surface area contributed by atoms with Gasteiger partial charge < -0.3 is 14.7 Å². The number of hydrogen-bond donors (Lipinski definition) is 2. The highest BCUT2D eigenvalue weighted by molar-refractivity contribution is 7.89. The molecule has 2 rings (SSSR count). The summed E-state index contributed by atoms with van der Waals surface area (Å²) >= 11 is 0. The molecule has 1 fully saturated rings. The molecule has 1 aromatic carbocycles. The maximum atomic E-state index is 12.1. The molecule has 9 heteroatoms. The molecule has 8 nitrogen and oxygen atoms in total. The second-order valence-electron chi connectivity index (χ2n) is 5.03. The van der Waals surface area contributed by atoms with Crippen molar-refractivity contribution in [2.75, 3.05) is 25.1 Å². The average Bonchev–Trinajstić information content (AvgIpc) is 2.98. The van der Waals surface area contributed by atoms with Crippen molar-refractivity contribution in [1.82, 2.24) is 4.72 Å². The minimum atomic E-state index is -3.87. The van der Waals surface area contributed by atoms with Crippen LogP contribution in [-0.4, -0.2) is 51.7 Å². The van der Waals surface area contributed by atoms with E-state index >= 15 is 0 Å². The highest BCUT2D eigenvalue weighted by Crippen LogP contribution is 2.22. The third-order valence-corrected chi connectivity index (χ3v) is 4.91. The van der Waals surface area contributed by atoms with Crippen LogP contribution in [0.3, 0.4) is 0 Å². The van der Waals surface area contributed by atoms with E-state index in [9.17, 15) is 23.1 Å². The van der Waals surface area contributed by atoms with Crippen LogP contribution in [0.1, 0.15) is 12.8 Å². The van der Waals surface area contributed by atoms with E-state index in [4.69, 9.17) is 0 Å². The molecule has 1 atom stereocenters. The van der Waals surface area contributed by atoms with Crippen molar-refractivity contribution in [2.45, 2.75) is 23.8 Å². The lowest BCUT2D eigenvalue weighted by atomic mass is 10.3. The van der Waals surface area contributed by atoms with E-state index in [1.165, 1.54) is 12.1 Å². The van der Waals surface area contributed by atoms with Crippen molar-refractivity contribution < 1.29 is 27.9 Å². The lowest BCUT2D eigenvalue weighted by molar-refractivity contribution is -0.149. The summed E-state index contributed by atoms with van der Waals surface area (Å²) in [5.41, 5.74) is 0.640. The number of amides is 1. The lowest BCUT2D eigenvalue weighted by Gasteiger charge is -2.16. The first-order chi connectivity index (χ1) is 10.8. The van der Waals surface area contributed by atoms with Gasteiger partial charge in [-0.3, -0.25) is 4.79 Å². The van der Waals surface area contributed by atoms with Crippen LogP contribution in [0.15, 0.2) is 29.2 Å². The molecule has 1 saturated heterocycles. The van der Waals surface area contributed by atoms with Crippen molar-refractivity contribution in [3.63, 3.8) is 0 Å². The van der Waals surface area contributed by atoms with E-state index in [1.54, 1.807) is 17.0 Å². The Bertz CT molecular complexity index is 686. The molecule has 2 N–H and O–H groups in total. The Morgan fingerprint density at radius 2 is 2.04 bits per heavy atom. The fourth-order valence-electron chi connectivity index (χ4n) is 2.22. The Morgan fingerprint density at radius 3 is 2.57 bits per heavy atom. The predicted octanol–water partition coefficient (Wildman–Crippen LogP) is -0.374. The summed E-state index contributed by atoms with van der Waals surface area (Å²) in [5, 5.41) is 9.40. The first-order valence-electron chi connectivity index (χ1n) is 7.01. The summed E-state index contributed by atoms with van der Waals surface area (Å²) in [4.78, 5) is 24.3. The van der Waals surface area contributed by atoms with Gasteiger partial charge in [0.05, 0.1) is 12.0 Å². The number of rotatable bonds is 6. The molecular formula is C14H18N2O6S. The largest absolute Gasteiger partial charge is 0.467 e.